The van der Waals surface area contributed by atoms with Gasteiger partial charge < -0.3 is 20.3 Å². The molecule has 354 valence electrons. The van der Waals surface area contributed by atoms with Gasteiger partial charge in [-0.1, -0.05) is 214 Å². The normalized spacial score (nSPS) is 14.1. The molecule has 0 aliphatic heterocycles. The molecule has 0 heterocycles. The van der Waals surface area contributed by atoms with E-state index in [1.807, 2.05) is 0 Å². The van der Waals surface area contributed by atoms with E-state index in [1.54, 1.807) is 0 Å². The maximum atomic E-state index is 13.2. The second kappa shape index (κ2) is 48.8. The van der Waals surface area contributed by atoms with Crippen LogP contribution in [0.5, 0.6) is 0 Å². The van der Waals surface area contributed by atoms with Crippen LogP contribution in [0, 0.1) is 0 Å². The SMILES string of the molecule is CC/C=C\C/C=C\C/C=C\C/C=C\C/C=C\CCCC(=O)OC(CCCCC/C=C/C=C/C=C/CCCCCCC)CC(=O)NC(CO)C(O)CCCCCCCCCCCC. The van der Waals surface area contributed by atoms with Gasteiger partial charge >= 0.3 is 5.97 Å². The zero-order chi connectivity index (χ0) is 45.2. The number of carbonyl (C=O) groups excluding carboxylic acids is 2. The van der Waals surface area contributed by atoms with E-state index in [0.29, 0.717) is 25.7 Å². The van der Waals surface area contributed by atoms with Gasteiger partial charge in [0.25, 0.3) is 0 Å². The molecule has 0 saturated heterocycles. The van der Waals surface area contributed by atoms with Crippen LogP contribution < -0.4 is 5.32 Å². The van der Waals surface area contributed by atoms with Crippen molar-refractivity contribution in [3.8, 4) is 0 Å². The van der Waals surface area contributed by atoms with E-state index in [9.17, 15) is 19.8 Å². The molecule has 6 nitrogen and oxygen atoms in total. The molecule has 0 aliphatic carbocycles. The van der Waals surface area contributed by atoms with Crippen molar-refractivity contribution < 1.29 is 24.5 Å². The Kier molecular flexibility index (Phi) is 46.3. The summed E-state index contributed by atoms with van der Waals surface area (Å²) in [6.07, 6.45) is 64.7. The van der Waals surface area contributed by atoms with E-state index in [4.69, 9.17) is 4.74 Å². The first-order chi connectivity index (χ1) is 30.5. The molecule has 0 spiro atoms. The fraction of sp³-hybridized carbons (Fsp3) is 0.679. The Bertz CT molecular complexity index is 1240. The van der Waals surface area contributed by atoms with Gasteiger partial charge in [-0.3, -0.25) is 9.59 Å². The minimum absolute atomic E-state index is 0.0267. The van der Waals surface area contributed by atoms with Crippen LogP contribution in [-0.2, 0) is 14.3 Å². The molecule has 3 atom stereocenters. The van der Waals surface area contributed by atoms with Gasteiger partial charge in [-0.2, -0.15) is 0 Å². The molecule has 0 saturated carbocycles. The lowest BCUT2D eigenvalue weighted by Gasteiger charge is -2.24. The molecule has 0 fully saturated rings. The first kappa shape index (κ1) is 58.8. The second-order valence-corrected chi connectivity index (χ2v) is 16.9. The van der Waals surface area contributed by atoms with Gasteiger partial charge in [0.15, 0.2) is 0 Å². The molecule has 1 amide bonds. The molecule has 3 N–H and O–H groups in total. The number of aliphatic hydroxyl groups excluding tert-OH is 2. The molecule has 0 bridgehead atoms. The van der Waals surface area contributed by atoms with E-state index in [0.717, 1.165) is 89.9 Å². The molecule has 3 unspecified atom stereocenters. The zero-order valence-electron chi connectivity index (χ0n) is 40.2. The highest BCUT2D eigenvalue weighted by atomic mass is 16.5. The highest BCUT2D eigenvalue weighted by molar-refractivity contribution is 5.77. The van der Waals surface area contributed by atoms with Crippen LogP contribution >= 0.6 is 0 Å². The third-order valence-corrected chi connectivity index (χ3v) is 11.0. The highest BCUT2D eigenvalue weighted by Crippen LogP contribution is 2.16. The summed E-state index contributed by atoms with van der Waals surface area (Å²) in [7, 11) is 0. The Morgan fingerprint density at radius 3 is 1.45 bits per heavy atom. The third kappa shape index (κ3) is 43.4. The molecule has 0 aromatic heterocycles. The number of unbranched alkanes of at least 4 members (excludes halogenated alkanes) is 18. The number of aliphatic hydroxyl groups is 2. The number of rotatable bonds is 44. The summed E-state index contributed by atoms with van der Waals surface area (Å²) < 4.78 is 5.89. The quantitative estimate of drug-likeness (QED) is 0.0245. The number of carbonyl (C=O) groups is 2. The summed E-state index contributed by atoms with van der Waals surface area (Å²) in [5.41, 5.74) is 0. The van der Waals surface area contributed by atoms with Gasteiger partial charge in [-0.25, -0.2) is 0 Å². The van der Waals surface area contributed by atoms with E-state index >= 15 is 0 Å². The Balaban J connectivity index is 4.78. The highest BCUT2D eigenvalue weighted by Gasteiger charge is 2.24. The summed E-state index contributed by atoms with van der Waals surface area (Å²) in [6.45, 7) is 6.31. The summed E-state index contributed by atoms with van der Waals surface area (Å²) in [5.74, 6) is -0.585. The molecule has 0 aromatic carbocycles. The monoisotopic (exact) mass is 862 g/mol. The van der Waals surface area contributed by atoms with Crippen LogP contribution in [-0.4, -0.2) is 46.9 Å². The maximum absolute atomic E-state index is 13.2. The lowest BCUT2D eigenvalue weighted by atomic mass is 10.0. The largest absolute Gasteiger partial charge is 0.462 e. The topological polar surface area (TPSA) is 95.9 Å². The zero-order valence-corrected chi connectivity index (χ0v) is 40.2. The molecule has 6 heteroatoms. The van der Waals surface area contributed by atoms with Crippen molar-refractivity contribution in [2.45, 2.75) is 238 Å². The summed E-state index contributed by atoms with van der Waals surface area (Å²) >= 11 is 0. The number of esters is 1. The van der Waals surface area contributed by atoms with Crippen LogP contribution in [0.3, 0.4) is 0 Å². The molecular formula is C56H95NO5. The molecule has 0 radical (unpaired) electrons. The predicted octanol–water partition coefficient (Wildman–Crippen LogP) is 15.3. The Morgan fingerprint density at radius 2 is 0.935 bits per heavy atom. The van der Waals surface area contributed by atoms with Crippen molar-refractivity contribution in [2.24, 2.45) is 0 Å². The average molecular weight is 862 g/mol. The third-order valence-electron chi connectivity index (χ3n) is 11.0. The van der Waals surface area contributed by atoms with Gasteiger partial charge in [0, 0.05) is 6.42 Å². The minimum atomic E-state index is -0.811. The number of allylic oxidation sites excluding steroid dienone is 16. The predicted molar refractivity (Wildman–Crippen MR) is 268 cm³/mol. The Labute approximate surface area is 382 Å². The lowest BCUT2D eigenvalue weighted by molar-refractivity contribution is -0.151. The summed E-state index contributed by atoms with van der Waals surface area (Å²) in [4.78, 5) is 26.1. The lowest BCUT2D eigenvalue weighted by Crippen LogP contribution is -2.46. The summed E-state index contributed by atoms with van der Waals surface area (Å²) in [6, 6.07) is -0.729. The van der Waals surface area contributed by atoms with E-state index < -0.39 is 18.2 Å². The molecular weight excluding hydrogens is 767 g/mol. The molecule has 62 heavy (non-hydrogen) atoms. The average Bonchev–Trinajstić information content (AvgIpc) is 3.26. The Morgan fingerprint density at radius 1 is 0.500 bits per heavy atom. The first-order valence-electron chi connectivity index (χ1n) is 25.5. The standard InChI is InChI=1S/C56H95NO5/c1-4-7-10-13-16-19-22-24-26-28-30-32-34-37-40-43-46-49-56(61)62-52(47-44-41-38-35-33-31-29-27-25-23-20-17-14-11-8-5-2)50-55(60)57-53(51-58)54(59)48-45-42-39-36-21-18-15-12-9-6-3/h7,10,16,19,23-27,29-33,37,40,52-54,58-59H,4-6,8-9,11-15,17-18,20-22,28,34-36,38-39,41-51H2,1-3H3,(H,57,60)/b10-7-,19-16-,25-23+,26-24-,29-27+,32-30-,33-31+,40-37-. The van der Waals surface area contributed by atoms with Crippen LogP contribution in [0.4, 0.5) is 0 Å². The van der Waals surface area contributed by atoms with Gasteiger partial charge in [0.1, 0.15) is 6.10 Å². The van der Waals surface area contributed by atoms with Crippen molar-refractivity contribution in [3.63, 3.8) is 0 Å². The van der Waals surface area contributed by atoms with Crippen LogP contribution in [0.15, 0.2) is 97.2 Å². The fourth-order valence-corrected chi connectivity index (χ4v) is 7.11. The van der Waals surface area contributed by atoms with Gasteiger partial charge in [-0.15, -0.1) is 0 Å². The van der Waals surface area contributed by atoms with Gasteiger partial charge in [0.05, 0.1) is 25.2 Å². The summed E-state index contributed by atoms with van der Waals surface area (Å²) in [5, 5.41) is 23.7. The van der Waals surface area contributed by atoms with E-state index in [2.05, 4.69) is 123 Å². The van der Waals surface area contributed by atoms with Crippen LogP contribution in [0.2, 0.25) is 0 Å². The van der Waals surface area contributed by atoms with Crippen LogP contribution in [0.1, 0.15) is 220 Å². The van der Waals surface area contributed by atoms with E-state index in [1.165, 1.54) is 77.0 Å². The number of hydrogen-bond acceptors (Lipinski definition) is 5. The van der Waals surface area contributed by atoms with Crippen molar-refractivity contribution in [1.29, 1.82) is 0 Å². The molecule has 0 aromatic rings. The number of ether oxygens (including phenoxy) is 1. The maximum Gasteiger partial charge on any atom is 0.306 e. The van der Waals surface area contributed by atoms with Crippen molar-refractivity contribution in [2.75, 3.05) is 6.61 Å². The van der Waals surface area contributed by atoms with Gasteiger partial charge in [-0.05, 0) is 89.9 Å². The van der Waals surface area contributed by atoms with Crippen LogP contribution in [0.25, 0.3) is 0 Å². The Hall–Kier alpha value is -3.22. The number of amides is 1. The van der Waals surface area contributed by atoms with Crippen molar-refractivity contribution in [1.82, 2.24) is 5.32 Å². The second-order valence-electron chi connectivity index (χ2n) is 16.9. The number of nitrogens with one attached hydrogen (secondary N) is 1. The van der Waals surface area contributed by atoms with Crippen molar-refractivity contribution in [3.05, 3.63) is 97.2 Å². The van der Waals surface area contributed by atoms with E-state index in [-0.39, 0.29) is 24.9 Å². The number of hydrogen-bond donors (Lipinski definition) is 3. The molecule has 0 aliphatic rings. The van der Waals surface area contributed by atoms with Crippen molar-refractivity contribution >= 4 is 11.9 Å². The van der Waals surface area contributed by atoms with Gasteiger partial charge in [0.2, 0.25) is 5.91 Å². The fourth-order valence-electron chi connectivity index (χ4n) is 7.11. The first-order valence-corrected chi connectivity index (χ1v) is 25.5. The minimum Gasteiger partial charge on any atom is -0.462 e. The molecule has 0 rings (SSSR count). The smallest absolute Gasteiger partial charge is 0.306 e.